The molecule has 1 saturated heterocycles. The first-order chi connectivity index (χ1) is 13.7. The van der Waals surface area contributed by atoms with Crippen molar-refractivity contribution in [3.63, 3.8) is 0 Å². The smallest absolute Gasteiger partial charge is 0.233 e. The zero-order valence-corrected chi connectivity index (χ0v) is 15.7. The Bertz CT molecular complexity index is 1100. The molecule has 1 unspecified atom stereocenters. The van der Waals surface area contributed by atoms with E-state index in [-0.39, 0.29) is 16.9 Å². The van der Waals surface area contributed by atoms with Gasteiger partial charge < -0.3 is 9.64 Å². The molecule has 0 bridgehead atoms. The molecule has 2 aromatic carbocycles. The van der Waals surface area contributed by atoms with Gasteiger partial charge in [0, 0.05) is 18.1 Å². The third-order valence-corrected chi connectivity index (χ3v) is 6.83. The third kappa shape index (κ3) is 2.21. The molecule has 3 heterocycles. The summed E-state index contributed by atoms with van der Waals surface area (Å²) in [5.41, 5.74) is 3.86. The Morgan fingerprint density at radius 3 is 2.75 bits per heavy atom. The van der Waals surface area contributed by atoms with Crippen molar-refractivity contribution in [1.82, 2.24) is 9.88 Å². The molecule has 3 aliphatic rings. The predicted molar refractivity (Wildman–Crippen MR) is 107 cm³/mol. The quantitative estimate of drug-likeness (QED) is 0.687. The summed E-state index contributed by atoms with van der Waals surface area (Å²) in [5, 5.41) is 1.10. The van der Waals surface area contributed by atoms with Crippen LogP contribution in [-0.2, 0) is 27.2 Å². The van der Waals surface area contributed by atoms with Gasteiger partial charge in [0.1, 0.15) is 5.60 Å². The van der Waals surface area contributed by atoms with Crippen molar-refractivity contribution in [3.05, 3.63) is 77.5 Å². The van der Waals surface area contributed by atoms with Gasteiger partial charge in [-0.05, 0) is 48.1 Å². The highest BCUT2D eigenvalue weighted by Crippen LogP contribution is 2.52. The van der Waals surface area contributed by atoms with Crippen LogP contribution in [0.15, 0.2) is 60.8 Å². The van der Waals surface area contributed by atoms with Gasteiger partial charge in [-0.2, -0.15) is 0 Å². The van der Waals surface area contributed by atoms with Crippen molar-refractivity contribution in [2.45, 2.75) is 36.9 Å². The summed E-state index contributed by atoms with van der Waals surface area (Å²) >= 11 is 0. The average molecular weight is 370 g/mol. The summed E-state index contributed by atoms with van der Waals surface area (Å²) in [6, 6.07) is 18.7. The van der Waals surface area contributed by atoms with Crippen molar-refractivity contribution in [1.29, 1.82) is 0 Å². The normalized spacial score (nSPS) is 24.6. The number of para-hydroxylation sites is 1. The Labute approximate surface area is 164 Å². The molecule has 1 aromatic heterocycles. The largest absolute Gasteiger partial charge is 0.364 e. The molecule has 3 aromatic rings. The van der Waals surface area contributed by atoms with Crippen LogP contribution in [0.1, 0.15) is 36.0 Å². The summed E-state index contributed by atoms with van der Waals surface area (Å²) in [7, 11) is 0. The minimum absolute atomic E-state index is 0.245. The molecule has 2 aliphatic heterocycles. The molecular weight excluding hydrogens is 348 g/mol. The number of fused-ring (bicyclic) bond motifs is 3. The number of hydrogen-bond acceptors (Lipinski definition) is 3. The first-order valence-corrected chi connectivity index (χ1v) is 10.1. The molecule has 1 atom stereocenters. The monoisotopic (exact) mass is 370 g/mol. The molecule has 1 amide bonds. The summed E-state index contributed by atoms with van der Waals surface area (Å²) in [4.78, 5) is 20.2. The molecule has 140 valence electrons. The molecule has 2 fully saturated rings. The maximum Gasteiger partial charge on any atom is 0.233 e. The lowest BCUT2D eigenvalue weighted by Crippen LogP contribution is -2.40. The summed E-state index contributed by atoms with van der Waals surface area (Å²) < 4.78 is 6.24. The summed E-state index contributed by atoms with van der Waals surface area (Å²) in [5.74, 6) is 0.245. The minimum Gasteiger partial charge on any atom is -0.364 e. The maximum atomic E-state index is 13.6. The molecule has 0 radical (unpaired) electrons. The molecule has 1 spiro atoms. The topological polar surface area (TPSA) is 42.4 Å². The highest BCUT2D eigenvalue weighted by Gasteiger charge is 2.56. The molecular formula is C24H22N2O2. The van der Waals surface area contributed by atoms with Crippen LogP contribution >= 0.6 is 0 Å². The lowest BCUT2D eigenvalue weighted by atomic mass is 9.91. The van der Waals surface area contributed by atoms with Gasteiger partial charge in [-0.25, -0.2) is 0 Å². The Kier molecular flexibility index (Phi) is 3.28. The van der Waals surface area contributed by atoms with Crippen LogP contribution in [0.2, 0.25) is 0 Å². The van der Waals surface area contributed by atoms with Gasteiger partial charge in [0.05, 0.1) is 24.1 Å². The van der Waals surface area contributed by atoms with Crippen molar-refractivity contribution in [3.8, 4) is 0 Å². The van der Waals surface area contributed by atoms with Gasteiger partial charge in [0.25, 0.3) is 0 Å². The van der Waals surface area contributed by atoms with E-state index in [9.17, 15) is 4.79 Å². The van der Waals surface area contributed by atoms with Crippen molar-refractivity contribution >= 4 is 16.8 Å². The van der Waals surface area contributed by atoms with Gasteiger partial charge in [-0.3, -0.25) is 9.78 Å². The Morgan fingerprint density at radius 2 is 1.86 bits per heavy atom. The number of nitrogens with zero attached hydrogens (tertiary/aromatic N) is 2. The van der Waals surface area contributed by atoms with E-state index >= 15 is 0 Å². The van der Waals surface area contributed by atoms with Crippen molar-refractivity contribution in [2.75, 3.05) is 13.1 Å². The zero-order chi connectivity index (χ0) is 18.8. The van der Waals surface area contributed by atoms with Crippen molar-refractivity contribution in [2.24, 2.45) is 0 Å². The number of hydrogen-bond donors (Lipinski definition) is 0. The number of rotatable bonds is 2. The van der Waals surface area contributed by atoms with E-state index in [0.29, 0.717) is 13.2 Å². The number of benzene rings is 2. The zero-order valence-electron chi connectivity index (χ0n) is 15.7. The second kappa shape index (κ2) is 5.65. The second-order valence-electron chi connectivity index (χ2n) is 8.42. The summed E-state index contributed by atoms with van der Waals surface area (Å²) in [6.07, 6.45) is 4.60. The number of likely N-dealkylation sites (tertiary alicyclic amines) is 1. The SMILES string of the molecule is O=C(N1CCC2(C1)OCc1ccccc12)C1(c2cnc3ccccc3c2)CC1. The van der Waals surface area contributed by atoms with Gasteiger partial charge in [0.15, 0.2) is 0 Å². The van der Waals surface area contributed by atoms with E-state index in [2.05, 4.69) is 41.4 Å². The van der Waals surface area contributed by atoms with E-state index in [1.54, 1.807) is 0 Å². The highest BCUT2D eigenvalue weighted by atomic mass is 16.5. The number of carbonyl (C=O) groups excluding carboxylic acids is 1. The van der Waals surface area contributed by atoms with E-state index in [0.717, 1.165) is 42.3 Å². The maximum absolute atomic E-state index is 13.6. The Morgan fingerprint density at radius 1 is 1.04 bits per heavy atom. The van der Waals surface area contributed by atoms with E-state index in [1.807, 2.05) is 29.3 Å². The molecule has 4 nitrogen and oxygen atoms in total. The first-order valence-electron chi connectivity index (χ1n) is 10.1. The standard InChI is InChI=1S/C24H22N2O2/c27-22(23(9-10-23)19-13-17-5-2-4-8-21(17)25-14-19)26-12-11-24(16-26)20-7-3-1-6-18(20)15-28-24/h1-8,13-14H,9-12,15-16H2. The first kappa shape index (κ1) is 16.3. The molecule has 6 rings (SSSR count). The van der Waals surface area contributed by atoms with E-state index in [1.165, 1.54) is 11.1 Å². The van der Waals surface area contributed by atoms with Crippen LogP contribution in [0.5, 0.6) is 0 Å². The van der Waals surface area contributed by atoms with E-state index in [4.69, 9.17) is 4.74 Å². The number of pyridine rings is 1. The fraction of sp³-hybridized carbons (Fsp3) is 0.333. The molecule has 0 N–H and O–H groups in total. The number of aromatic nitrogens is 1. The molecule has 4 heteroatoms. The fourth-order valence-electron chi connectivity index (χ4n) is 5.06. The van der Waals surface area contributed by atoms with Crippen LogP contribution in [0.25, 0.3) is 10.9 Å². The number of amides is 1. The predicted octanol–water partition coefficient (Wildman–Crippen LogP) is 3.92. The minimum atomic E-state index is -0.388. The van der Waals surface area contributed by atoms with Crippen LogP contribution in [0.3, 0.4) is 0 Å². The fourth-order valence-corrected chi connectivity index (χ4v) is 5.06. The molecule has 28 heavy (non-hydrogen) atoms. The highest BCUT2D eigenvalue weighted by molar-refractivity contribution is 5.93. The van der Waals surface area contributed by atoms with Crippen LogP contribution in [0, 0.1) is 0 Å². The molecule has 1 aliphatic carbocycles. The van der Waals surface area contributed by atoms with Crippen LogP contribution < -0.4 is 0 Å². The lowest BCUT2D eigenvalue weighted by molar-refractivity contribution is -0.134. The molecule has 1 saturated carbocycles. The average Bonchev–Trinajstić information content (AvgIpc) is 3.33. The summed E-state index contributed by atoms with van der Waals surface area (Å²) in [6.45, 7) is 2.07. The number of carbonyl (C=O) groups is 1. The van der Waals surface area contributed by atoms with Gasteiger partial charge in [-0.1, -0.05) is 42.5 Å². The van der Waals surface area contributed by atoms with Crippen LogP contribution in [0.4, 0.5) is 0 Å². The van der Waals surface area contributed by atoms with Gasteiger partial charge >= 0.3 is 0 Å². The Balaban J connectivity index is 1.30. The van der Waals surface area contributed by atoms with E-state index < -0.39 is 0 Å². The van der Waals surface area contributed by atoms with Gasteiger partial charge in [-0.15, -0.1) is 0 Å². The third-order valence-electron chi connectivity index (χ3n) is 6.83. The van der Waals surface area contributed by atoms with Crippen LogP contribution in [-0.4, -0.2) is 28.9 Å². The Hall–Kier alpha value is -2.72. The second-order valence-corrected chi connectivity index (χ2v) is 8.42. The lowest BCUT2D eigenvalue weighted by Gasteiger charge is -2.27. The van der Waals surface area contributed by atoms with Gasteiger partial charge in [0.2, 0.25) is 5.91 Å². The number of ether oxygens (including phenoxy) is 1. The van der Waals surface area contributed by atoms with Crippen molar-refractivity contribution < 1.29 is 9.53 Å².